The number of aromatic nitrogens is 2. The first kappa shape index (κ1) is 18.1. The molecule has 8 nitrogen and oxygen atoms in total. The van der Waals surface area contributed by atoms with E-state index in [0.29, 0.717) is 15.7 Å². The Kier molecular flexibility index (Phi) is 4.76. The van der Waals surface area contributed by atoms with Crippen LogP contribution in [-0.4, -0.2) is 20.8 Å². The summed E-state index contributed by atoms with van der Waals surface area (Å²) in [6.45, 7) is 0.165. The van der Waals surface area contributed by atoms with E-state index >= 15 is 0 Å². The van der Waals surface area contributed by atoms with Gasteiger partial charge in [-0.15, -0.1) is 0 Å². The van der Waals surface area contributed by atoms with Gasteiger partial charge in [-0.3, -0.25) is 24.8 Å². The summed E-state index contributed by atoms with van der Waals surface area (Å²) in [5.74, 6) is -1.20. The van der Waals surface area contributed by atoms with Gasteiger partial charge in [-0.2, -0.15) is 0 Å². The van der Waals surface area contributed by atoms with Gasteiger partial charge < -0.3 is 4.42 Å². The Morgan fingerprint density at radius 3 is 2.79 bits per heavy atom. The van der Waals surface area contributed by atoms with E-state index in [1.807, 2.05) is 12.1 Å². The van der Waals surface area contributed by atoms with Crippen molar-refractivity contribution in [2.75, 3.05) is 4.90 Å². The van der Waals surface area contributed by atoms with Crippen molar-refractivity contribution in [3.8, 4) is 0 Å². The number of hydrogen-bond acceptors (Lipinski definition) is 7. The highest BCUT2D eigenvalue weighted by molar-refractivity contribution is 7.22. The van der Waals surface area contributed by atoms with Crippen LogP contribution in [0.3, 0.4) is 0 Å². The maximum Gasteiger partial charge on any atom is 0.433 e. The number of rotatable bonds is 5. The van der Waals surface area contributed by atoms with Crippen LogP contribution in [-0.2, 0) is 6.54 Å². The van der Waals surface area contributed by atoms with Gasteiger partial charge in [-0.1, -0.05) is 35.1 Å². The van der Waals surface area contributed by atoms with Gasteiger partial charge in [0.2, 0.25) is 0 Å². The first-order chi connectivity index (χ1) is 13.5. The third-order valence-electron chi connectivity index (χ3n) is 3.88. The number of furan rings is 1. The van der Waals surface area contributed by atoms with Gasteiger partial charge in [0, 0.05) is 12.4 Å². The van der Waals surface area contributed by atoms with Crippen LogP contribution < -0.4 is 4.90 Å². The van der Waals surface area contributed by atoms with Gasteiger partial charge >= 0.3 is 5.88 Å². The number of nitro groups is 1. The van der Waals surface area contributed by atoms with Crippen molar-refractivity contribution in [1.29, 1.82) is 0 Å². The highest BCUT2D eigenvalue weighted by Gasteiger charge is 2.26. The number of thiazole rings is 1. The maximum atomic E-state index is 13.1. The lowest BCUT2D eigenvalue weighted by atomic mass is 10.2. The first-order valence-corrected chi connectivity index (χ1v) is 9.22. The normalized spacial score (nSPS) is 10.9. The number of carbonyl (C=O) groups excluding carboxylic acids is 1. The predicted octanol–water partition coefficient (Wildman–Crippen LogP) is 4.69. The topological polar surface area (TPSA) is 102 Å². The molecule has 0 aliphatic carbocycles. The smallest absolute Gasteiger partial charge is 0.395 e. The molecular formula is C18H11ClN4O4S. The average Bonchev–Trinajstić information content (AvgIpc) is 3.34. The van der Waals surface area contributed by atoms with Crippen molar-refractivity contribution in [1.82, 2.24) is 9.97 Å². The fourth-order valence-corrected chi connectivity index (χ4v) is 3.86. The number of benzene rings is 1. The fraction of sp³-hybridized carbons (Fsp3) is 0.0556. The molecule has 0 spiro atoms. The fourth-order valence-electron chi connectivity index (χ4n) is 2.59. The molecule has 3 heterocycles. The maximum absolute atomic E-state index is 13.1. The van der Waals surface area contributed by atoms with Crippen LogP contribution in [0.5, 0.6) is 0 Å². The number of halogens is 1. The molecule has 0 fully saturated rings. The van der Waals surface area contributed by atoms with Crippen LogP contribution >= 0.6 is 22.9 Å². The standard InChI is InChI=1S/C18H11ClN4O4S/c19-12-4-1-5-14-16(12)21-18(28-14)22(10-11-3-2-8-20-9-11)17(24)13-6-7-15(27-13)23(25)26/h1-9H,10H2. The molecule has 1 aromatic carbocycles. The van der Waals surface area contributed by atoms with Gasteiger partial charge in [-0.25, -0.2) is 4.98 Å². The lowest BCUT2D eigenvalue weighted by molar-refractivity contribution is -0.402. The Balaban J connectivity index is 1.77. The Labute approximate surface area is 167 Å². The molecule has 140 valence electrons. The quantitative estimate of drug-likeness (QED) is 0.346. The Hall–Kier alpha value is -3.30. The second-order valence-electron chi connectivity index (χ2n) is 5.73. The third kappa shape index (κ3) is 3.45. The highest BCUT2D eigenvalue weighted by atomic mass is 35.5. The van der Waals surface area contributed by atoms with Crippen LogP contribution in [0.1, 0.15) is 16.1 Å². The van der Waals surface area contributed by atoms with Crippen molar-refractivity contribution >= 4 is 50.1 Å². The van der Waals surface area contributed by atoms with Crippen LogP contribution in [0.2, 0.25) is 5.02 Å². The monoisotopic (exact) mass is 414 g/mol. The predicted molar refractivity (Wildman–Crippen MR) is 105 cm³/mol. The molecule has 0 radical (unpaired) electrons. The van der Waals surface area contributed by atoms with Crippen LogP contribution in [0.15, 0.2) is 59.3 Å². The summed E-state index contributed by atoms with van der Waals surface area (Å²) in [5.41, 5.74) is 1.35. The molecule has 4 aromatic rings. The summed E-state index contributed by atoms with van der Waals surface area (Å²) in [4.78, 5) is 33.2. The van der Waals surface area contributed by atoms with E-state index in [1.165, 1.54) is 22.3 Å². The molecule has 1 amide bonds. The van der Waals surface area contributed by atoms with Crippen molar-refractivity contribution in [3.05, 3.63) is 81.3 Å². The number of carbonyl (C=O) groups is 1. The molecule has 10 heteroatoms. The zero-order chi connectivity index (χ0) is 19.7. The summed E-state index contributed by atoms with van der Waals surface area (Å²) in [7, 11) is 0. The number of para-hydroxylation sites is 1. The van der Waals surface area contributed by atoms with E-state index in [2.05, 4.69) is 9.97 Å². The molecule has 0 saturated heterocycles. The van der Waals surface area contributed by atoms with Crippen molar-refractivity contribution in [2.45, 2.75) is 6.54 Å². The van der Waals surface area contributed by atoms with Gasteiger partial charge in [0.15, 0.2) is 10.9 Å². The van der Waals surface area contributed by atoms with Gasteiger partial charge in [-0.05, 0) is 29.8 Å². The van der Waals surface area contributed by atoms with Gasteiger partial charge in [0.05, 0.1) is 22.3 Å². The molecule has 4 rings (SSSR count). The van der Waals surface area contributed by atoms with Crippen LogP contribution in [0, 0.1) is 10.1 Å². The van der Waals surface area contributed by atoms with Crippen molar-refractivity contribution < 1.29 is 14.1 Å². The zero-order valence-electron chi connectivity index (χ0n) is 14.1. The summed E-state index contributed by atoms with van der Waals surface area (Å²) >= 11 is 7.50. The van der Waals surface area contributed by atoms with E-state index in [4.69, 9.17) is 16.0 Å². The highest BCUT2D eigenvalue weighted by Crippen LogP contribution is 2.34. The summed E-state index contributed by atoms with van der Waals surface area (Å²) in [6.07, 6.45) is 3.26. The number of anilines is 1. The first-order valence-electron chi connectivity index (χ1n) is 8.03. The molecular weight excluding hydrogens is 404 g/mol. The number of fused-ring (bicyclic) bond motifs is 1. The molecule has 0 unspecified atom stereocenters. The van der Waals surface area contributed by atoms with Crippen molar-refractivity contribution in [3.63, 3.8) is 0 Å². The third-order valence-corrected chi connectivity index (χ3v) is 5.23. The largest absolute Gasteiger partial charge is 0.433 e. The molecule has 0 bridgehead atoms. The molecule has 0 aliphatic rings. The van der Waals surface area contributed by atoms with E-state index < -0.39 is 16.7 Å². The minimum Gasteiger partial charge on any atom is -0.395 e. The summed E-state index contributed by atoms with van der Waals surface area (Å²) in [5, 5.41) is 11.7. The SMILES string of the molecule is O=C(c1ccc([N+](=O)[O-])o1)N(Cc1cccnc1)c1nc2c(Cl)cccc2s1. The lowest BCUT2D eigenvalue weighted by Crippen LogP contribution is -2.30. The minimum atomic E-state index is -0.695. The Bertz CT molecular complexity index is 1170. The van der Waals surface area contributed by atoms with E-state index in [0.717, 1.165) is 16.3 Å². The van der Waals surface area contributed by atoms with Gasteiger partial charge in [0.25, 0.3) is 5.91 Å². The number of hydrogen-bond donors (Lipinski definition) is 0. The van der Waals surface area contributed by atoms with E-state index in [-0.39, 0.29) is 12.3 Å². The molecule has 0 N–H and O–H groups in total. The molecule has 3 aromatic heterocycles. The summed E-state index contributed by atoms with van der Waals surface area (Å²) < 4.78 is 5.91. The summed E-state index contributed by atoms with van der Waals surface area (Å²) in [6, 6.07) is 11.4. The van der Waals surface area contributed by atoms with Gasteiger partial charge in [0.1, 0.15) is 10.4 Å². The number of nitrogens with zero attached hydrogens (tertiary/aromatic N) is 4. The van der Waals surface area contributed by atoms with Crippen LogP contribution in [0.4, 0.5) is 11.0 Å². The molecule has 0 aliphatic heterocycles. The average molecular weight is 415 g/mol. The van der Waals surface area contributed by atoms with Crippen molar-refractivity contribution in [2.24, 2.45) is 0 Å². The lowest BCUT2D eigenvalue weighted by Gasteiger charge is -2.18. The number of pyridine rings is 1. The zero-order valence-corrected chi connectivity index (χ0v) is 15.7. The van der Waals surface area contributed by atoms with Crippen LogP contribution in [0.25, 0.3) is 10.2 Å². The minimum absolute atomic E-state index is 0.152. The molecule has 28 heavy (non-hydrogen) atoms. The second-order valence-corrected chi connectivity index (χ2v) is 7.15. The second kappa shape index (κ2) is 7.37. The molecule has 0 saturated carbocycles. The number of amides is 1. The Morgan fingerprint density at radius 1 is 1.25 bits per heavy atom. The van der Waals surface area contributed by atoms with E-state index in [9.17, 15) is 14.9 Å². The Morgan fingerprint density at radius 2 is 2.11 bits per heavy atom. The van der Waals surface area contributed by atoms with E-state index in [1.54, 1.807) is 30.6 Å². The molecule has 0 atom stereocenters.